The predicted molar refractivity (Wildman–Crippen MR) is 83.2 cm³/mol. The molecule has 0 aliphatic rings. The minimum Gasteiger partial charge on any atom is -0.324 e. The second-order valence-corrected chi connectivity index (χ2v) is 5.22. The maximum atomic E-state index is 14.1. The molecule has 0 aromatic heterocycles. The van der Waals surface area contributed by atoms with Gasteiger partial charge in [-0.1, -0.05) is 38.1 Å². The van der Waals surface area contributed by atoms with E-state index in [0.29, 0.717) is 5.56 Å². The fraction of sp³-hybridized carbons (Fsp3) is 0.333. The van der Waals surface area contributed by atoms with Crippen LogP contribution in [0.1, 0.15) is 43.5 Å². The van der Waals surface area contributed by atoms with Crippen LogP contribution in [0.15, 0.2) is 36.4 Å². The average molecular weight is 271 g/mol. The zero-order valence-corrected chi connectivity index (χ0v) is 12.4. The van der Waals surface area contributed by atoms with E-state index in [0.717, 1.165) is 24.0 Å². The Bertz CT molecular complexity index is 602. The van der Waals surface area contributed by atoms with Crippen LogP contribution in [0.4, 0.5) is 4.39 Å². The molecule has 0 aliphatic carbocycles. The Balaban J connectivity index is 2.53. The van der Waals surface area contributed by atoms with Gasteiger partial charge in [0.15, 0.2) is 0 Å². The summed E-state index contributed by atoms with van der Waals surface area (Å²) in [5, 5.41) is 0. The van der Waals surface area contributed by atoms with E-state index in [1.165, 1.54) is 17.2 Å². The molecule has 2 rings (SSSR count). The second kappa shape index (κ2) is 6.19. The van der Waals surface area contributed by atoms with E-state index in [9.17, 15) is 4.39 Å². The average Bonchev–Trinajstić information content (AvgIpc) is 2.46. The van der Waals surface area contributed by atoms with Gasteiger partial charge in [-0.15, -0.1) is 0 Å². The highest BCUT2D eigenvalue weighted by atomic mass is 19.1. The smallest absolute Gasteiger partial charge is 0.131 e. The van der Waals surface area contributed by atoms with Crippen molar-refractivity contribution in [2.45, 2.75) is 39.7 Å². The lowest BCUT2D eigenvalue weighted by molar-refractivity contribution is 0.629. The van der Waals surface area contributed by atoms with Gasteiger partial charge in [-0.3, -0.25) is 0 Å². The summed E-state index contributed by atoms with van der Waals surface area (Å²) in [6, 6.07) is 11.2. The van der Waals surface area contributed by atoms with E-state index in [1.807, 2.05) is 19.1 Å². The predicted octanol–water partition coefficient (Wildman–Crippen LogP) is 4.64. The first kappa shape index (κ1) is 14.7. The van der Waals surface area contributed by atoms with Crippen LogP contribution in [0.25, 0.3) is 11.1 Å². The van der Waals surface area contributed by atoms with Gasteiger partial charge in [0, 0.05) is 11.6 Å². The fourth-order valence-electron chi connectivity index (χ4n) is 2.51. The lowest BCUT2D eigenvalue weighted by Gasteiger charge is -2.12. The molecule has 20 heavy (non-hydrogen) atoms. The molecule has 0 bridgehead atoms. The quantitative estimate of drug-likeness (QED) is 0.861. The van der Waals surface area contributed by atoms with Gasteiger partial charge >= 0.3 is 0 Å². The summed E-state index contributed by atoms with van der Waals surface area (Å²) < 4.78 is 14.1. The molecule has 1 atom stereocenters. The van der Waals surface area contributed by atoms with Crippen molar-refractivity contribution in [3.05, 3.63) is 58.9 Å². The Kier molecular flexibility index (Phi) is 4.56. The summed E-state index contributed by atoms with van der Waals surface area (Å²) >= 11 is 0. The monoisotopic (exact) mass is 271 g/mol. The Morgan fingerprint density at radius 3 is 2.30 bits per heavy atom. The molecular formula is C18H22FN. The fourth-order valence-corrected chi connectivity index (χ4v) is 2.51. The van der Waals surface area contributed by atoms with Crippen LogP contribution in [0.3, 0.4) is 0 Å². The lowest BCUT2D eigenvalue weighted by Crippen LogP contribution is -2.05. The first-order valence-electron chi connectivity index (χ1n) is 7.24. The Labute approximate surface area is 120 Å². The molecule has 2 aromatic rings. The minimum absolute atomic E-state index is 0.0880. The summed E-state index contributed by atoms with van der Waals surface area (Å²) in [4.78, 5) is 0. The highest BCUT2D eigenvalue weighted by Crippen LogP contribution is 2.28. The molecule has 2 heteroatoms. The number of benzene rings is 2. The number of hydrogen-bond acceptors (Lipinski definition) is 1. The van der Waals surface area contributed by atoms with Crippen LogP contribution in [-0.2, 0) is 12.8 Å². The van der Waals surface area contributed by atoms with Gasteiger partial charge in [-0.25, -0.2) is 4.39 Å². The van der Waals surface area contributed by atoms with E-state index in [-0.39, 0.29) is 11.9 Å². The molecule has 2 N–H and O–H groups in total. The van der Waals surface area contributed by atoms with Crippen molar-refractivity contribution in [2.24, 2.45) is 5.73 Å². The van der Waals surface area contributed by atoms with Crippen molar-refractivity contribution in [1.82, 2.24) is 0 Å². The zero-order chi connectivity index (χ0) is 14.7. The van der Waals surface area contributed by atoms with Gasteiger partial charge in [0.1, 0.15) is 5.82 Å². The number of hydrogen-bond donors (Lipinski definition) is 1. The van der Waals surface area contributed by atoms with Crippen molar-refractivity contribution in [2.75, 3.05) is 0 Å². The molecule has 0 heterocycles. The SMILES string of the molecule is CCc1ccc(-c2cc(C(C)N)ccc2F)cc1CC. The standard InChI is InChI=1S/C18H22FN/c1-4-13-6-7-16(10-14(13)5-2)17-11-15(12(3)20)8-9-18(17)19/h6-12H,4-5,20H2,1-3H3. The van der Waals surface area contributed by atoms with E-state index >= 15 is 0 Å². The van der Waals surface area contributed by atoms with E-state index in [4.69, 9.17) is 5.73 Å². The Morgan fingerprint density at radius 2 is 1.70 bits per heavy atom. The molecular weight excluding hydrogens is 249 g/mol. The van der Waals surface area contributed by atoms with Crippen LogP contribution < -0.4 is 5.73 Å². The lowest BCUT2D eigenvalue weighted by atomic mass is 9.94. The van der Waals surface area contributed by atoms with Gasteiger partial charge in [0.25, 0.3) is 0 Å². The minimum atomic E-state index is -0.194. The molecule has 0 aliphatic heterocycles. The van der Waals surface area contributed by atoms with E-state index < -0.39 is 0 Å². The largest absolute Gasteiger partial charge is 0.324 e. The molecule has 2 aromatic carbocycles. The van der Waals surface area contributed by atoms with Crippen molar-refractivity contribution in [1.29, 1.82) is 0 Å². The number of rotatable bonds is 4. The molecule has 0 fully saturated rings. The van der Waals surface area contributed by atoms with E-state index in [2.05, 4.69) is 26.0 Å². The summed E-state index contributed by atoms with van der Waals surface area (Å²) in [7, 11) is 0. The maximum absolute atomic E-state index is 14.1. The van der Waals surface area contributed by atoms with Gasteiger partial charge in [-0.2, -0.15) is 0 Å². The van der Waals surface area contributed by atoms with Crippen molar-refractivity contribution in [3.8, 4) is 11.1 Å². The van der Waals surface area contributed by atoms with Gasteiger partial charge < -0.3 is 5.73 Å². The third kappa shape index (κ3) is 2.91. The summed E-state index contributed by atoms with van der Waals surface area (Å²) in [6.07, 6.45) is 1.97. The van der Waals surface area contributed by atoms with Crippen molar-refractivity contribution in [3.63, 3.8) is 0 Å². The normalized spacial score (nSPS) is 12.4. The van der Waals surface area contributed by atoms with Crippen LogP contribution in [0.5, 0.6) is 0 Å². The topological polar surface area (TPSA) is 26.0 Å². The maximum Gasteiger partial charge on any atom is 0.131 e. The highest BCUT2D eigenvalue weighted by Gasteiger charge is 2.10. The third-order valence-corrected chi connectivity index (χ3v) is 3.80. The van der Waals surface area contributed by atoms with Crippen molar-refractivity contribution < 1.29 is 4.39 Å². The number of nitrogens with two attached hydrogens (primary N) is 1. The van der Waals surface area contributed by atoms with Gasteiger partial charge in [0.05, 0.1) is 0 Å². The third-order valence-electron chi connectivity index (χ3n) is 3.80. The number of aryl methyl sites for hydroxylation is 2. The highest BCUT2D eigenvalue weighted by molar-refractivity contribution is 5.66. The van der Waals surface area contributed by atoms with Gasteiger partial charge in [-0.05, 0) is 54.2 Å². The number of halogens is 1. The molecule has 0 saturated heterocycles. The Morgan fingerprint density at radius 1 is 1.00 bits per heavy atom. The zero-order valence-electron chi connectivity index (χ0n) is 12.4. The summed E-state index contributed by atoms with van der Waals surface area (Å²) in [5.74, 6) is -0.194. The second-order valence-electron chi connectivity index (χ2n) is 5.22. The summed E-state index contributed by atoms with van der Waals surface area (Å²) in [6.45, 7) is 6.19. The molecule has 0 radical (unpaired) electrons. The molecule has 106 valence electrons. The van der Waals surface area contributed by atoms with E-state index in [1.54, 1.807) is 6.07 Å². The van der Waals surface area contributed by atoms with Crippen LogP contribution in [0.2, 0.25) is 0 Å². The van der Waals surface area contributed by atoms with Crippen LogP contribution in [0, 0.1) is 5.82 Å². The summed E-state index contributed by atoms with van der Waals surface area (Å²) in [5.41, 5.74) is 11.0. The van der Waals surface area contributed by atoms with Crippen molar-refractivity contribution >= 4 is 0 Å². The molecule has 1 unspecified atom stereocenters. The molecule has 0 spiro atoms. The Hall–Kier alpha value is -1.67. The molecule has 0 saturated carbocycles. The molecule has 1 nitrogen and oxygen atoms in total. The van der Waals surface area contributed by atoms with Crippen LogP contribution in [-0.4, -0.2) is 0 Å². The molecule has 0 amide bonds. The first-order chi connectivity index (χ1) is 9.56. The van der Waals surface area contributed by atoms with Crippen LogP contribution >= 0.6 is 0 Å². The first-order valence-corrected chi connectivity index (χ1v) is 7.24. The van der Waals surface area contributed by atoms with Gasteiger partial charge in [0.2, 0.25) is 0 Å².